The van der Waals surface area contributed by atoms with Gasteiger partial charge in [0, 0.05) is 18.5 Å². The van der Waals surface area contributed by atoms with Crippen molar-refractivity contribution < 1.29 is 13.6 Å². The Hall–Kier alpha value is -0.820. The number of nitrogens with zero attached hydrogens (tertiary/aromatic N) is 1. The van der Waals surface area contributed by atoms with Gasteiger partial charge in [-0.3, -0.25) is 0 Å². The van der Waals surface area contributed by atoms with Gasteiger partial charge in [0.05, 0.1) is 11.5 Å². The molecule has 0 spiro atoms. The fraction of sp³-hybridized carbons (Fsp3) is 0.889. The second-order valence-corrected chi connectivity index (χ2v) is 6.55. The highest BCUT2D eigenvalue weighted by atomic mass is 32.2. The third kappa shape index (κ3) is 4.36. The summed E-state index contributed by atoms with van der Waals surface area (Å²) in [5.74, 6) is 0.631. The number of sulfone groups is 1. The Morgan fingerprint density at radius 3 is 2.94 bits per heavy atom. The second kappa shape index (κ2) is 5.49. The van der Waals surface area contributed by atoms with E-state index in [4.69, 9.17) is 10.9 Å². The highest BCUT2D eigenvalue weighted by Gasteiger charge is 2.25. The van der Waals surface area contributed by atoms with Gasteiger partial charge in [-0.25, -0.2) is 8.42 Å². The summed E-state index contributed by atoms with van der Waals surface area (Å²) in [5, 5.41) is 14.5. The van der Waals surface area contributed by atoms with E-state index in [1.54, 1.807) is 0 Å². The van der Waals surface area contributed by atoms with Gasteiger partial charge in [-0.2, -0.15) is 0 Å². The van der Waals surface area contributed by atoms with Crippen molar-refractivity contribution >= 4 is 15.7 Å². The minimum Gasteiger partial charge on any atom is -0.409 e. The van der Waals surface area contributed by atoms with E-state index < -0.39 is 9.84 Å². The van der Waals surface area contributed by atoms with Crippen molar-refractivity contribution in [2.75, 3.05) is 11.5 Å². The van der Waals surface area contributed by atoms with E-state index in [2.05, 4.69) is 10.5 Å². The Morgan fingerprint density at radius 1 is 1.69 bits per heavy atom. The molecule has 0 bridgehead atoms. The highest BCUT2D eigenvalue weighted by Crippen LogP contribution is 2.12. The van der Waals surface area contributed by atoms with Gasteiger partial charge < -0.3 is 16.3 Å². The Labute approximate surface area is 95.8 Å². The zero-order valence-corrected chi connectivity index (χ0v) is 10.2. The molecule has 94 valence electrons. The van der Waals surface area contributed by atoms with Gasteiger partial charge in [0.2, 0.25) is 0 Å². The smallest absolute Gasteiger partial charge is 0.151 e. The third-order valence-electron chi connectivity index (χ3n) is 2.63. The van der Waals surface area contributed by atoms with Crippen LogP contribution in [-0.4, -0.2) is 43.1 Å². The van der Waals surface area contributed by atoms with Crippen LogP contribution in [0.4, 0.5) is 0 Å². The number of rotatable bonds is 4. The molecule has 2 unspecified atom stereocenters. The average Bonchev–Trinajstić information content (AvgIpc) is 2.15. The summed E-state index contributed by atoms with van der Waals surface area (Å²) in [6.45, 7) is 1.89. The van der Waals surface area contributed by atoms with Crippen molar-refractivity contribution in [1.29, 1.82) is 0 Å². The van der Waals surface area contributed by atoms with E-state index in [1.165, 1.54) is 0 Å². The first-order valence-corrected chi connectivity index (χ1v) is 7.18. The topological polar surface area (TPSA) is 105 Å². The van der Waals surface area contributed by atoms with E-state index >= 15 is 0 Å². The molecular formula is C9H19N3O3S. The summed E-state index contributed by atoms with van der Waals surface area (Å²) in [6.07, 6.45) is 1.98. The lowest BCUT2D eigenvalue weighted by Gasteiger charge is -2.26. The van der Waals surface area contributed by atoms with Crippen LogP contribution < -0.4 is 11.1 Å². The molecule has 0 amide bonds. The van der Waals surface area contributed by atoms with Crippen molar-refractivity contribution in [2.24, 2.45) is 10.9 Å². The third-order valence-corrected chi connectivity index (χ3v) is 4.45. The van der Waals surface area contributed by atoms with Crippen molar-refractivity contribution in [2.45, 2.75) is 38.3 Å². The highest BCUT2D eigenvalue weighted by molar-refractivity contribution is 7.91. The van der Waals surface area contributed by atoms with Crippen LogP contribution in [0.5, 0.6) is 0 Å². The van der Waals surface area contributed by atoms with Gasteiger partial charge in [0.1, 0.15) is 5.84 Å². The van der Waals surface area contributed by atoms with Gasteiger partial charge in [0.25, 0.3) is 0 Å². The van der Waals surface area contributed by atoms with Crippen LogP contribution in [0.15, 0.2) is 5.16 Å². The predicted molar refractivity (Wildman–Crippen MR) is 62.3 cm³/mol. The fourth-order valence-corrected chi connectivity index (χ4v) is 3.62. The van der Waals surface area contributed by atoms with Crippen molar-refractivity contribution in [3.05, 3.63) is 0 Å². The number of nitrogens with one attached hydrogen (secondary N) is 1. The Morgan fingerprint density at radius 2 is 2.38 bits per heavy atom. The van der Waals surface area contributed by atoms with E-state index in [-0.39, 0.29) is 23.7 Å². The van der Waals surface area contributed by atoms with Crippen LogP contribution in [0.3, 0.4) is 0 Å². The largest absolute Gasteiger partial charge is 0.409 e. The minimum atomic E-state index is -2.88. The number of hydrogen-bond donors (Lipinski definition) is 3. The molecule has 6 nitrogen and oxygen atoms in total. The van der Waals surface area contributed by atoms with Crippen molar-refractivity contribution in [3.8, 4) is 0 Å². The first-order valence-electron chi connectivity index (χ1n) is 5.36. The standard InChI is InChI=1S/C9H19N3O3S/c1-7(5-9(10)12-13)11-8-3-2-4-16(14,15)6-8/h7-8,11,13H,2-6H2,1H3,(H2,10,12). The van der Waals surface area contributed by atoms with Crippen molar-refractivity contribution in [3.63, 3.8) is 0 Å². The van der Waals surface area contributed by atoms with E-state index in [1.807, 2.05) is 6.92 Å². The molecule has 7 heteroatoms. The first kappa shape index (κ1) is 13.2. The number of nitrogens with two attached hydrogens (primary N) is 1. The lowest BCUT2D eigenvalue weighted by Crippen LogP contribution is -2.45. The maximum Gasteiger partial charge on any atom is 0.151 e. The molecule has 0 aromatic carbocycles. The molecule has 1 aliphatic rings. The molecular weight excluding hydrogens is 230 g/mol. The maximum atomic E-state index is 11.4. The first-order chi connectivity index (χ1) is 7.43. The summed E-state index contributed by atoms with van der Waals surface area (Å²) in [4.78, 5) is 0. The molecule has 0 aromatic rings. The van der Waals surface area contributed by atoms with Crippen molar-refractivity contribution in [1.82, 2.24) is 5.32 Å². The van der Waals surface area contributed by atoms with Gasteiger partial charge in [-0.15, -0.1) is 0 Å². The molecule has 0 radical (unpaired) electrons. The van der Waals surface area contributed by atoms with Crippen LogP contribution >= 0.6 is 0 Å². The maximum absolute atomic E-state index is 11.4. The summed E-state index contributed by atoms with van der Waals surface area (Å²) >= 11 is 0. The quantitative estimate of drug-likeness (QED) is 0.274. The molecule has 1 heterocycles. The van der Waals surface area contributed by atoms with Gasteiger partial charge >= 0.3 is 0 Å². The van der Waals surface area contributed by atoms with Crippen LogP contribution in [0.2, 0.25) is 0 Å². The van der Waals surface area contributed by atoms with E-state index in [0.29, 0.717) is 18.6 Å². The molecule has 2 atom stereocenters. The lowest BCUT2D eigenvalue weighted by molar-refractivity contribution is 0.315. The molecule has 1 aliphatic heterocycles. The number of hydrogen-bond acceptors (Lipinski definition) is 5. The molecule has 16 heavy (non-hydrogen) atoms. The zero-order valence-electron chi connectivity index (χ0n) is 9.39. The van der Waals surface area contributed by atoms with Crippen LogP contribution in [-0.2, 0) is 9.84 Å². The Balaban J connectivity index is 2.42. The second-order valence-electron chi connectivity index (χ2n) is 4.32. The molecule has 0 aliphatic carbocycles. The van der Waals surface area contributed by atoms with Gasteiger partial charge in [-0.05, 0) is 19.8 Å². The molecule has 1 rings (SSSR count). The SMILES string of the molecule is CC(CC(N)=NO)NC1CCCS(=O)(=O)C1. The Kier molecular flexibility index (Phi) is 4.55. The molecule has 1 fully saturated rings. The fourth-order valence-electron chi connectivity index (χ4n) is 1.97. The summed E-state index contributed by atoms with van der Waals surface area (Å²) in [5.41, 5.74) is 5.37. The Bertz CT molecular complexity index is 353. The predicted octanol–water partition coefficient (Wildman–Crippen LogP) is -0.322. The van der Waals surface area contributed by atoms with E-state index in [9.17, 15) is 8.42 Å². The van der Waals surface area contributed by atoms with Crippen LogP contribution in [0.25, 0.3) is 0 Å². The van der Waals surface area contributed by atoms with E-state index in [0.717, 1.165) is 6.42 Å². The number of amidine groups is 1. The normalized spacial score (nSPS) is 27.6. The van der Waals surface area contributed by atoms with Gasteiger partial charge in [0.15, 0.2) is 9.84 Å². The molecule has 0 aromatic heterocycles. The molecule has 0 saturated carbocycles. The lowest BCUT2D eigenvalue weighted by atomic mass is 10.1. The average molecular weight is 249 g/mol. The van der Waals surface area contributed by atoms with Gasteiger partial charge in [-0.1, -0.05) is 5.16 Å². The zero-order chi connectivity index (χ0) is 12.2. The molecule has 1 saturated heterocycles. The van der Waals surface area contributed by atoms with Crippen LogP contribution in [0, 0.1) is 0 Å². The summed E-state index contributed by atoms with van der Waals surface area (Å²) in [7, 11) is -2.88. The summed E-state index contributed by atoms with van der Waals surface area (Å²) < 4.78 is 22.8. The number of oxime groups is 1. The summed E-state index contributed by atoms with van der Waals surface area (Å²) in [6, 6.07) is -0.00515. The monoisotopic (exact) mass is 249 g/mol. The minimum absolute atomic E-state index is 0.00852. The molecule has 4 N–H and O–H groups in total. The van der Waals surface area contributed by atoms with Crippen LogP contribution in [0.1, 0.15) is 26.2 Å².